The van der Waals surface area contributed by atoms with E-state index in [9.17, 15) is 9.50 Å². The summed E-state index contributed by atoms with van der Waals surface area (Å²) in [6.07, 6.45) is 1.05. The van der Waals surface area contributed by atoms with E-state index in [1.807, 2.05) is 0 Å². The highest BCUT2D eigenvalue weighted by Gasteiger charge is 2.19. The van der Waals surface area contributed by atoms with Crippen LogP contribution in [-0.4, -0.2) is 12.2 Å². The van der Waals surface area contributed by atoms with E-state index in [4.69, 9.17) is 4.74 Å². The molecular formula is C16H25FO2. The SMILES string of the molecule is COc1ccc(C(O)CC(C)CC(C)(C)C)cc1F. The molecule has 0 aliphatic heterocycles. The number of hydrogen-bond donors (Lipinski definition) is 1. The molecule has 0 aromatic heterocycles. The molecule has 1 rings (SSSR count). The van der Waals surface area contributed by atoms with Crippen LogP contribution in [0.25, 0.3) is 0 Å². The molecule has 0 heterocycles. The molecule has 1 aromatic rings. The Morgan fingerprint density at radius 2 is 1.95 bits per heavy atom. The van der Waals surface area contributed by atoms with Gasteiger partial charge in [-0.3, -0.25) is 0 Å². The maximum atomic E-state index is 13.6. The van der Waals surface area contributed by atoms with Gasteiger partial charge in [-0.2, -0.15) is 0 Å². The van der Waals surface area contributed by atoms with Crippen LogP contribution >= 0.6 is 0 Å². The van der Waals surface area contributed by atoms with E-state index in [0.29, 0.717) is 17.9 Å². The zero-order chi connectivity index (χ0) is 14.6. The van der Waals surface area contributed by atoms with Crippen molar-refractivity contribution in [3.8, 4) is 5.75 Å². The van der Waals surface area contributed by atoms with Gasteiger partial charge in [-0.15, -0.1) is 0 Å². The fraction of sp³-hybridized carbons (Fsp3) is 0.625. The molecule has 2 nitrogen and oxygen atoms in total. The maximum absolute atomic E-state index is 13.6. The van der Waals surface area contributed by atoms with Gasteiger partial charge in [0.05, 0.1) is 13.2 Å². The summed E-state index contributed by atoms with van der Waals surface area (Å²) in [4.78, 5) is 0. The van der Waals surface area contributed by atoms with Crippen molar-refractivity contribution in [2.75, 3.05) is 7.11 Å². The zero-order valence-electron chi connectivity index (χ0n) is 12.5. The quantitative estimate of drug-likeness (QED) is 0.861. The van der Waals surface area contributed by atoms with E-state index in [-0.39, 0.29) is 11.2 Å². The van der Waals surface area contributed by atoms with Crippen LogP contribution in [0.4, 0.5) is 4.39 Å². The highest BCUT2D eigenvalue weighted by molar-refractivity contribution is 5.30. The third-order valence-corrected chi connectivity index (χ3v) is 3.15. The molecule has 0 radical (unpaired) electrons. The molecular weight excluding hydrogens is 243 g/mol. The van der Waals surface area contributed by atoms with Gasteiger partial charge in [-0.05, 0) is 41.9 Å². The lowest BCUT2D eigenvalue weighted by molar-refractivity contribution is 0.133. The Hall–Kier alpha value is -1.09. The van der Waals surface area contributed by atoms with Crippen LogP contribution in [-0.2, 0) is 0 Å². The molecule has 3 heteroatoms. The number of benzene rings is 1. The van der Waals surface area contributed by atoms with E-state index in [1.165, 1.54) is 13.2 Å². The molecule has 2 unspecified atom stereocenters. The topological polar surface area (TPSA) is 29.5 Å². The third-order valence-electron chi connectivity index (χ3n) is 3.15. The summed E-state index contributed by atoms with van der Waals surface area (Å²) in [5.74, 6) is 0.168. The van der Waals surface area contributed by atoms with Crippen molar-refractivity contribution in [1.29, 1.82) is 0 Å². The van der Waals surface area contributed by atoms with Crippen LogP contribution in [0.5, 0.6) is 5.75 Å². The number of methoxy groups -OCH3 is 1. The maximum Gasteiger partial charge on any atom is 0.165 e. The summed E-state index contributed by atoms with van der Waals surface area (Å²) in [7, 11) is 1.43. The van der Waals surface area contributed by atoms with Gasteiger partial charge in [0.1, 0.15) is 0 Å². The van der Waals surface area contributed by atoms with Gasteiger partial charge >= 0.3 is 0 Å². The number of aliphatic hydroxyl groups excluding tert-OH is 1. The fourth-order valence-corrected chi connectivity index (χ4v) is 2.54. The average Bonchev–Trinajstić information content (AvgIpc) is 2.26. The first-order chi connectivity index (χ1) is 8.73. The summed E-state index contributed by atoms with van der Waals surface area (Å²) < 4.78 is 18.5. The van der Waals surface area contributed by atoms with Crippen LogP contribution in [0.3, 0.4) is 0 Å². The van der Waals surface area contributed by atoms with Crippen molar-refractivity contribution in [3.63, 3.8) is 0 Å². The van der Waals surface area contributed by atoms with Gasteiger partial charge in [0.15, 0.2) is 11.6 Å². The lowest BCUT2D eigenvalue weighted by Gasteiger charge is -2.25. The van der Waals surface area contributed by atoms with E-state index in [2.05, 4.69) is 27.7 Å². The second-order valence-corrected chi connectivity index (χ2v) is 6.52. The summed E-state index contributed by atoms with van der Waals surface area (Å²) in [5.41, 5.74) is 0.851. The molecule has 0 amide bonds. The summed E-state index contributed by atoms with van der Waals surface area (Å²) in [5, 5.41) is 10.2. The van der Waals surface area contributed by atoms with Crippen LogP contribution in [0.1, 0.15) is 52.2 Å². The molecule has 0 aliphatic carbocycles. The molecule has 19 heavy (non-hydrogen) atoms. The summed E-state index contributed by atoms with van der Waals surface area (Å²) in [6, 6.07) is 4.63. The first-order valence-corrected chi connectivity index (χ1v) is 6.74. The highest BCUT2D eigenvalue weighted by atomic mass is 19.1. The highest BCUT2D eigenvalue weighted by Crippen LogP contribution is 2.31. The van der Waals surface area contributed by atoms with E-state index < -0.39 is 11.9 Å². The monoisotopic (exact) mass is 268 g/mol. The van der Waals surface area contributed by atoms with Gasteiger partial charge in [0.25, 0.3) is 0 Å². The second kappa shape index (κ2) is 6.38. The van der Waals surface area contributed by atoms with Gasteiger partial charge in [0.2, 0.25) is 0 Å². The summed E-state index contributed by atoms with van der Waals surface area (Å²) in [6.45, 7) is 8.67. The first kappa shape index (κ1) is 16.0. The number of aliphatic hydroxyl groups is 1. The molecule has 0 saturated carbocycles. The molecule has 0 spiro atoms. The van der Waals surface area contributed by atoms with Crippen LogP contribution in [0, 0.1) is 17.2 Å². The largest absolute Gasteiger partial charge is 0.494 e. The summed E-state index contributed by atoms with van der Waals surface area (Å²) >= 11 is 0. The number of rotatable bonds is 5. The molecule has 0 saturated heterocycles. The minimum atomic E-state index is -0.627. The fourth-order valence-electron chi connectivity index (χ4n) is 2.54. The molecule has 1 N–H and O–H groups in total. The Morgan fingerprint density at radius 1 is 1.32 bits per heavy atom. The zero-order valence-corrected chi connectivity index (χ0v) is 12.5. The average molecular weight is 268 g/mol. The Morgan fingerprint density at radius 3 is 2.42 bits per heavy atom. The Labute approximate surface area is 115 Å². The molecule has 0 aliphatic rings. The predicted molar refractivity (Wildman–Crippen MR) is 75.8 cm³/mol. The first-order valence-electron chi connectivity index (χ1n) is 6.74. The predicted octanol–water partition coefficient (Wildman–Crippen LogP) is 4.33. The second-order valence-electron chi connectivity index (χ2n) is 6.52. The van der Waals surface area contributed by atoms with Gasteiger partial charge in [0, 0.05) is 0 Å². The smallest absolute Gasteiger partial charge is 0.165 e. The standard InChI is InChI=1S/C16H25FO2/c1-11(10-16(2,3)4)8-14(18)12-6-7-15(19-5)13(17)9-12/h6-7,9,11,14,18H,8,10H2,1-5H3. The van der Waals surface area contributed by atoms with E-state index in [0.717, 1.165) is 6.42 Å². The van der Waals surface area contributed by atoms with Crippen LogP contribution in [0.15, 0.2) is 18.2 Å². The van der Waals surface area contributed by atoms with Crippen molar-refractivity contribution >= 4 is 0 Å². The van der Waals surface area contributed by atoms with Crippen LogP contribution in [0.2, 0.25) is 0 Å². The van der Waals surface area contributed by atoms with E-state index in [1.54, 1.807) is 12.1 Å². The Kier molecular flexibility index (Phi) is 5.36. The molecule has 108 valence electrons. The Balaban J connectivity index is 2.68. The Bertz CT molecular complexity index is 410. The number of ether oxygens (including phenoxy) is 1. The normalized spacial score (nSPS) is 15.1. The van der Waals surface area contributed by atoms with Crippen molar-refractivity contribution in [3.05, 3.63) is 29.6 Å². The van der Waals surface area contributed by atoms with Gasteiger partial charge in [-0.1, -0.05) is 33.8 Å². The van der Waals surface area contributed by atoms with Gasteiger partial charge < -0.3 is 9.84 Å². The molecule has 1 aromatic carbocycles. The van der Waals surface area contributed by atoms with Gasteiger partial charge in [-0.25, -0.2) is 4.39 Å². The van der Waals surface area contributed by atoms with Crippen LogP contribution < -0.4 is 4.74 Å². The lowest BCUT2D eigenvalue weighted by Crippen LogP contribution is -2.13. The minimum Gasteiger partial charge on any atom is -0.494 e. The molecule has 0 bridgehead atoms. The van der Waals surface area contributed by atoms with Crippen molar-refractivity contribution in [2.45, 2.75) is 46.6 Å². The van der Waals surface area contributed by atoms with Crippen molar-refractivity contribution in [1.82, 2.24) is 0 Å². The number of hydrogen-bond acceptors (Lipinski definition) is 2. The van der Waals surface area contributed by atoms with E-state index >= 15 is 0 Å². The third kappa shape index (κ3) is 5.19. The number of halogens is 1. The molecule has 0 fully saturated rings. The molecule has 2 atom stereocenters. The van der Waals surface area contributed by atoms with Crippen molar-refractivity contribution in [2.24, 2.45) is 11.3 Å². The lowest BCUT2D eigenvalue weighted by atomic mass is 9.82. The minimum absolute atomic E-state index is 0.207. The van der Waals surface area contributed by atoms with Crippen molar-refractivity contribution < 1.29 is 14.2 Å².